The van der Waals surface area contributed by atoms with Crippen LogP contribution in [0.15, 0.2) is 67.0 Å². The molecular formula is C26H20F4N6O. The molecule has 3 heterocycles. The van der Waals surface area contributed by atoms with Crippen molar-refractivity contribution in [1.82, 2.24) is 24.4 Å². The normalized spacial score (nSPS) is 11.7. The number of nitrogens with zero attached hydrogens (tertiary/aromatic N) is 5. The minimum atomic E-state index is -4.73. The molecule has 5 aromatic rings. The Morgan fingerprint density at radius 2 is 1.76 bits per heavy atom. The summed E-state index contributed by atoms with van der Waals surface area (Å²) in [6.45, 7) is 4.11. The molecule has 0 saturated heterocycles. The van der Waals surface area contributed by atoms with Crippen molar-refractivity contribution in [3.05, 3.63) is 101 Å². The zero-order chi connectivity index (χ0) is 26.3. The number of aromatic nitrogens is 5. The second-order valence-corrected chi connectivity index (χ2v) is 8.63. The average molecular weight is 508 g/mol. The standard InChI is InChI=1S/C26H20F4N6O/c1-15-3-6-18(9-16(15)2)21-10-23(26(28,29)30)36-24(33-21)11-22(34-36)25(37)32-20-12-31-35(14-20)13-17-4-7-19(27)8-5-17/h3-12,14H,13H2,1-2H3,(H,32,37). The van der Waals surface area contributed by atoms with Crippen molar-refractivity contribution in [2.24, 2.45) is 0 Å². The first-order valence-electron chi connectivity index (χ1n) is 11.2. The third-order valence-corrected chi connectivity index (χ3v) is 5.90. The Hall–Kier alpha value is -4.54. The predicted molar refractivity (Wildman–Crippen MR) is 129 cm³/mol. The third kappa shape index (κ3) is 5.06. The van der Waals surface area contributed by atoms with Crippen molar-refractivity contribution in [1.29, 1.82) is 0 Å². The number of alkyl halides is 3. The van der Waals surface area contributed by atoms with Crippen LogP contribution in [0.5, 0.6) is 0 Å². The van der Waals surface area contributed by atoms with Gasteiger partial charge in [-0.25, -0.2) is 13.9 Å². The van der Waals surface area contributed by atoms with Gasteiger partial charge in [0.25, 0.3) is 5.91 Å². The van der Waals surface area contributed by atoms with Gasteiger partial charge in [-0.3, -0.25) is 9.48 Å². The Morgan fingerprint density at radius 1 is 1.00 bits per heavy atom. The molecule has 0 radical (unpaired) electrons. The highest BCUT2D eigenvalue weighted by Gasteiger charge is 2.35. The summed E-state index contributed by atoms with van der Waals surface area (Å²) in [5, 5.41) is 10.6. The number of nitrogens with one attached hydrogen (secondary N) is 1. The summed E-state index contributed by atoms with van der Waals surface area (Å²) in [6.07, 6.45) is -1.78. The lowest BCUT2D eigenvalue weighted by atomic mass is 10.0. The first-order chi connectivity index (χ1) is 17.6. The fourth-order valence-electron chi connectivity index (χ4n) is 3.82. The fourth-order valence-corrected chi connectivity index (χ4v) is 3.82. The fraction of sp³-hybridized carbons (Fsp3) is 0.154. The lowest BCUT2D eigenvalue weighted by molar-refractivity contribution is -0.142. The summed E-state index contributed by atoms with van der Waals surface area (Å²) in [7, 11) is 0. The van der Waals surface area contributed by atoms with Crippen LogP contribution in [-0.4, -0.2) is 30.3 Å². The van der Waals surface area contributed by atoms with Crippen molar-refractivity contribution in [3.63, 3.8) is 0 Å². The molecule has 0 aliphatic rings. The molecule has 0 bridgehead atoms. The van der Waals surface area contributed by atoms with E-state index in [1.54, 1.807) is 30.5 Å². The van der Waals surface area contributed by atoms with Crippen molar-refractivity contribution in [2.45, 2.75) is 26.6 Å². The van der Waals surface area contributed by atoms with Crippen molar-refractivity contribution in [2.75, 3.05) is 5.32 Å². The van der Waals surface area contributed by atoms with Crippen LogP contribution in [0.4, 0.5) is 23.2 Å². The van der Waals surface area contributed by atoms with Crippen LogP contribution in [0.1, 0.15) is 32.9 Å². The van der Waals surface area contributed by atoms with E-state index in [0.717, 1.165) is 22.8 Å². The van der Waals surface area contributed by atoms with Gasteiger partial charge in [-0.1, -0.05) is 24.3 Å². The quantitative estimate of drug-likeness (QED) is 0.311. The SMILES string of the molecule is Cc1ccc(-c2cc(C(F)(F)F)n3nc(C(=O)Nc4cnn(Cc5ccc(F)cc5)c4)cc3n2)cc1C. The molecule has 0 unspecified atom stereocenters. The summed E-state index contributed by atoms with van der Waals surface area (Å²) in [5.74, 6) is -1.07. The highest BCUT2D eigenvalue weighted by molar-refractivity contribution is 6.03. The predicted octanol–water partition coefficient (Wildman–Crippen LogP) is 5.67. The molecule has 37 heavy (non-hydrogen) atoms. The number of carbonyl (C=O) groups is 1. The molecule has 0 atom stereocenters. The van der Waals surface area contributed by atoms with E-state index in [1.807, 2.05) is 19.9 Å². The average Bonchev–Trinajstić information content (AvgIpc) is 3.47. The number of hydrogen-bond acceptors (Lipinski definition) is 4. The smallest absolute Gasteiger partial charge is 0.318 e. The maximum Gasteiger partial charge on any atom is 0.433 e. The van der Waals surface area contributed by atoms with E-state index in [1.165, 1.54) is 29.1 Å². The van der Waals surface area contributed by atoms with E-state index in [2.05, 4.69) is 20.5 Å². The first-order valence-corrected chi connectivity index (χ1v) is 11.2. The zero-order valence-electron chi connectivity index (χ0n) is 19.7. The van der Waals surface area contributed by atoms with E-state index < -0.39 is 17.8 Å². The Bertz CT molecular complexity index is 1620. The molecule has 0 saturated carbocycles. The van der Waals surface area contributed by atoms with E-state index >= 15 is 0 Å². The van der Waals surface area contributed by atoms with Gasteiger partial charge >= 0.3 is 6.18 Å². The molecule has 188 valence electrons. The van der Waals surface area contributed by atoms with Crippen LogP contribution in [-0.2, 0) is 12.7 Å². The Kier molecular flexibility index (Phi) is 5.98. The van der Waals surface area contributed by atoms with Crippen LogP contribution in [0.25, 0.3) is 16.9 Å². The topological polar surface area (TPSA) is 77.1 Å². The Balaban J connectivity index is 1.43. The minimum absolute atomic E-state index is 0.111. The summed E-state index contributed by atoms with van der Waals surface area (Å²) >= 11 is 0. The van der Waals surface area contributed by atoms with Gasteiger partial charge in [0.2, 0.25) is 0 Å². The second kappa shape index (κ2) is 9.16. The molecular weight excluding hydrogens is 488 g/mol. The highest BCUT2D eigenvalue weighted by Crippen LogP contribution is 2.33. The van der Waals surface area contributed by atoms with Gasteiger partial charge in [-0.2, -0.15) is 23.4 Å². The molecule has 1 amide bonds. The Labute approximate surface area is 208 Å². The number of anilines is 1. The van der Waals surface area contributed by atoms with Gasteiger partial charge < -0.3 is 5.32 Å². The molecule has 7 nitrogen and oxygen atoms in total. The van der Waals surface area contributed by atoms with Crippen LogP contribution in [0.2, 0.25) is 0 Å². The number of hydrogen-bond donors (Lipinski definition) is 1. The summed E-state index contributed by atoms with van der Waals surface area (Å²) in [4.78, 5) is 17.1. The molecule has 3 aromatic heterocycles. The number of carbonyl (C=O) groups excluding carboxylic acids is 1. The van der Waals surface area contributed by atoms with E-state index in [-0.39, 0.29) is 22.9 Å². The monoisotopic (exact) mass is 508 g/mol. The van der Waals surface area contributed by atoms with Gasteiger partial charge in [0.05, 0.1) is 24.1 Å². The summed E-state index contributed by atoms with van der Waals surface area (Å²) in [6, 6.07) is 13.3. The number of benzene rings is 2. The number of amides is 1. The largest absolute Gasteiger partial charge is 0.433 e. The maximum atomic E-state index is 13.9. The van der Waals surface area contributed by atoms with E-state index in [4.69, 9.17) is 0 Å². The van der Waals surface area contributed by atoms with Crippen LogP contribution in [0.3, 0.4) is 0 Å². The number of rotatable bonds is 5. The summed E-state index contributed by atoms with van der Waals surface area (Å²) in [5.41, 5.74) is 2.30. The van der Waals surface area contributed by atoms with Crippen LogP contribution >= 0.6 is 0 Å². The second-order valence-electron chi connectivity index (χ2n) is 8.63. The van der Waals surface area contributed by atoms with Crippen LogP contribution in [0, 0.1) is 19.7 Å². The van der Waals surface area contributed by atoms with E-state index in [9.17, 15) is 22.4 Å². The van der Waals surface area contributed by atoms with Crippen molar-refractivity contribution in [3.8, 4) is 11.3 Å². The third-order valence-electron chi connectivity index (χ3n) is 5.90. The van der Waals surface area contributed by atoms with Gasteiger partial charge in [0.1, 0.15) is 5.82 Å². The van der Waals surface area contributed by atoms with Crippen molar-refractivity contribution >= 4 is 17.2 Å². The lowest BCUT2D eigenvalue weighted by Crippen LogP contribution is -2.15. The lowest BCUT2D eigenvalue weighted by Gasteiger charge is -2.11. The number of fused-ring (bicyclic) bond motifs is 1. The first kappa shape index (κ1) is 24.2. The molecule has 0 aliphatic heterocycles. The van der Waals surface area contributed by atoms with Gasteiger partial charge in [0, 0.05) is 17.8 Å². The molecule has 0 aliphatic carbocycles. The molecule has 0 fully saturated rings. The number of halogens is 4. The molecule has 11 heteroatoms. The highest BCUT2D eigenvalue weighted by atomic mass is 19.4. The van der Waals surface area contributed by atoms with Gasteiger partial charge in [-0.15, -0.1) is 0 Å². The summed E-state index contributed by atoms with van der Waals surface area (Å²) < 4.78 is 56.9. The van der Waals surface area contributed by atoms with Gasteiger partial charge in [0.15, 0.2) is 17.0 Å². The van der Waals surface area contributed by atoms with Gasteiger partial charge in [-0.05, 0) is 54.8 Å². The molecule has 1 N–H and O–H groups in total. The Morgan fingerprint density at radius 3 is 2.46 bits per heavy atom. The number of aryl methyl sites for hydroxylation is 2. The molecule has 5 rings (SSSR count). The minimum Gasteiger partial charge on any atom is -0.318 e. The molecule has 2 aromatic carbocycles. The van der Waals surface area contributed by atoms with E-state index in [0.29, 0.717) is 22.3 Å². The van der Waals surface area contributed by atoms with Crippen molar-refractivity contribution < 1.29 is 22.4 Å². The maximum absolute atomic E-state index is 13.9. The van der Waals surface area contributed by atoms with Crippen LogP contribution < -0.4 is 5.32 Å². The zero-order valence-corrected chi connectivity index (χ0v) is 19.7. The molecule has 0 spiro atoms.